The van der Waals surface area contributed by atoms with Gasteiger partial charge in [0.2, 0.25) is 5.88 Å². The van der Waals surface area contributed by atoms with Crippen LogP contribution in [0.3, 0.4) is 0 Å². The van der Waals surface area contributed by atoms with Crippen LogP contribution in [0.4, 0.5) is 0 Å². The maximum absolute atomic E-state index is 11.7. The van der Waals surface area contributed by atoms with Crippen LogP contribution in [0.5, 0.6) is 5.88 Å². The average Bonchev–Trinajstić information content (AvgIpc) is 2.44. The zero-order chi connectivity index (χ0) is 14.1. The quantitative estimate of drug-likeness (QED) is 0.673. The summed E-state index contributed by atoms with van der Waals surface area (Å²) >= 11 is 0. The van der Waals surface area contributed by atoms with E-state index in [0.29, 0.717) is 24.7 Å². The van der Waals surface area contributed by atoms with Crippen molar-refractivity contribution in [2.45, 2.75) is 20.8 Å². The van der Waals surface area contributed by atoms with Crippen molar-refractivity contribution >= 4 is 5.97 Å². The second kappa shape index (κ2) is 8.48. The molecule has 0 spiro atoms. The Morgan fingerprint density at radius 3 is 2.68 bits per heavy atom. The van der Waals surface area contributed by atoms with E-state index in [2.05, 4.69) is 23.7 Å². The Balaban J connectivity index is 2.60. The third-order valence-electron chi connectivity index (χ3n) is 2.81. The number of carbonyl (C=O) groups is 1. The zero-order valence-electron chi connectivity index (χ0n) is 11.9. The van der Waals surface area contributed by atoms with E-state index in [-0.39, 0.29) is 0 Å². The number of nitrogens with zero attached hydrogens (tertiary/aromatic N) is 2. The van der Waals surface area contributed by atoms with Gasteiger partial charge >= 0.3 is 5.97 Å². The minimum Gasteiger partial charge on any atom is -0.476 e. The lowest BCUT2D eigenvalue weighted by molar-refractivity contribution is 0.0520. The summed E-state index contributed by atoms with van der Waals surface area (Å²) in [6.07, 6.45) is 1.61. The highest BCUT2D eigenvalue weighted by Gasteiger charge is 2.14. The summed E-state index contributed by atoms with van der Waals surface area (Å²) in [5.41, 5.74) is 0.379. The van der Waals surface area contributed by atoms with Crippen LogP contribution in [0, 0.1) is 0 Å². The maximum atomic E-state index is 11.7. The molecule has 5 nitrogen and oxygen atoms in total. The van der Waals surface area contributed by atoms with Crippen molar-refractivity contribution in [3.63, 3.8) is 0 Å². The van der Waals surface area contributed by atoms with Crippen LogP contribution in [0.25, 0.3) is 0 Å². The lowest BCUT2D eigenvalue weighted by atomic mass is 10.3. The molecular formula is C14H22N2O3. The molecule has 0 saturated carbocycles. The van der Waals surface area contributed by atoms with Crippen LogP contribution in [-0.4, -0.2) is 48.7 Å². The van der Waals surface area contributed by atoms with E-state index >= 15 is 0 Å². The average molecular weight is 266 g/mol. The monoisotopic (exact) mass is 266 g/mol. The molecule has 0 fully saturated rings. The molecule has 19 heavy (non-hydrogen) atoms. The molecule has 106 valence electrons. The van der Waals surface area contributed by atoms with Gasteiger partial charge in [0.05, 0.1) is 6.61 Å². The van der Waals surface area contributed by atoms with Crippen molar-refractivity contribution in [3.05, 3.63) is 23.9 Å². The molecule has 1 rings (SSSR count). The number of aromatic nitrogens is 1. The number of hydrogen-bond donors (Lipinski definition) is 0. The van der Waals surface area contributed by atoms with E-state index in [0.717, 1.165) is 19.6 Å². The van der Waals surface area contributed by atoms with Gasteiger partial charge in [0.25, 0.3) is 0 Å². The third kappa shape index (κ3) is 4.87. The first-order valence-electron chi connectivity index (χ1n) is 6.70. The van der Waals surface area contributed by atoms with Gasteiger partial charge in [-0.3, -0.25) is 0 Å². The first-order valence-corrected chi connectivity index (χ1v) is 6.70. The summed E-state index contributed by atoms with van der Waals surface area (Å²) in [5, 5.41) is 0. The number of hydrogen-bond acceptors (Lipinski definition) is 5. The Kier molecular flexibility index (Phi) is 6.89. The Bertz CT molecular complexity index is 392. The summed E-state index contributed by atoms with van der Waals surface area (Å²) in [6.45, 7) is 9.60. The molecule has 5 heteroatoms. The summed E-state index contributed by atoms with van der Waals surface area (Å²) in [5.74, 6) is -0.0541. The van der Waals surface area contributed by atoms with E-state index in [9.17, 15) is 4.79 Å². The van der Waals surface area contributed by atoms with E-state index in [1.165, 1.54) is 0 Å². The second-order valence-electron chi connectivity index (χ2n) is 3.95. The molecule has 0 aliphatic rings. The standard InChI is InChI=1S/C14H22N2O3/c1-4-16(5-2)10-11-19-13-12(8-7-9-15-13)14(17)18-6-3/h7-9H,4-6,10-11H2,1-3H3. The van der Waals surface area contributed by atoms with Gasteiger partial charge in [0.1, 0.15) is 12.2 Å². The van der Waals surface area contributed by atoms with E-state index in [1.807, 2.05) is 0 Å². The third-order valence-corrected chi connectivity index (χ3v) is 2.81. The van der Waals surface area contributed by atoms with E-state index in [4.69, 9.17) is 9.47 Å². The van der Waals surface area contributed by atoms with Crippen molar-refractivity contribution in [1.82, 2.24) is 9.88 Å². The molecular weight excluding hydrogens is 244 g/mol. The minimum absolute atomic E-state index is 0.340. The number of likely N-dealkylation sites (N-methyl/N-ethyl adjacent to an activating group) is 1. The number of pyridine rings is 1. The highest BCUT2D eigenvalue weighted by Crippen LogP contribution is 2.15. The van der Waals surface area contributed by atoms with Crippen molar-refractivity contribution in [3.8, 4) is 5.88 Å². The predicted octanol–water partition coefficient (Wildman–Crippen LogP) is 1.98. The van der Waals surface area contributed by atoms with Crippen molar-refractivity contribution in [2.75, 3.05) is 32.8 Å². The van der Waals surface area contributed by atoms with Gasteiger partial charge in [-0.2, -0.15) is 0 Å². The molecule has 1 aromatic heterocycles. The number of rotatable bonds is 8. The Morgan fingerprint density at radius 1 is 1.32 bits per heavy atom. The normalized spacial score (nSPS) is 10.5. The maximum Gasteiger partial charge on any atom is 0.343 e. The van der Waals surface area contributed by atoms with Crippen LogP contribution in [-0.2, 0) is 4.74 Å². The molecule has 0 aromatic carbocycles. The van der Waals surface area contributed by atoms with Crippen molar-refractivity contribution in [1.29, 1.82) is 0 Å². The Labute approximate surface area is 114 Å². The number of ether oxygens (including phenoxy) is 2. The fourth-order valence-electron chi connectivity index (χ4n) is 1.68. The molecule has 0 bridgehead atoms. The van der Waals surface area contributed by atoms with Crippen LogP contribution >= 0.6 is 0 Å². The summed E-state index contributed by atoms with van der Waals surface area (Å²) in [7, 11) is 0. The van der Waals surface area contributed by atoms with Crippen molar-refractivity contribution < 1.29 is 14.3 Å². The molecule has 0 saturated heterocycles. The fraction of sp³-hybridized carbons (Fsp3) is 0.571. The molecule has 0 aliphatic heterocycles. The predicted molar refractivity (Wildman–Crippen MR) is 73.5 cm³/mol. The molecule has 0 amide bonds. The first kappa shape index (κ1) is 15.4. The molecule has 0 radical (unpaired) electrons. The largest absolute Gasteiger partial charge is 0.476 e. The van der Waals surface area contributed by atoms with Gasteiger partial charge in [0.15, 0.2) is 0 Å². The highest BCUT2D eigenvalue weighted by molar-refractivity contribution is 5.91. The smallest absolute Gasteiger partial charge is 0.343 e. The molecule has 1 heterocycles. The summed E-state index contributed by atoms with van der Waals surface area (Å²) in [4.78, 5) is 18.1. The summed E-state index contributed by atoms with van der Waals surface area (Å²) in [6, 6.07) is 3.36. The van der Waals surface area contributed by atoms with Crippen LogP contribution in [0.2, 0.25) is 0 Å². The van der Waals surface area contributed by atoms with Gasteiger partial charge in [-0.05, 0) is 32.1 Å². The molecule has 1 aromatic rings. The lowest BCUT2D eigenvalue weighted by Gasteiger charge is -2.18. The number of esters is 1. The molecule has 0 N–H and O–H groups in total. The van der Waals surface area contributed by atoms with Crippen LogP contribution in [0.1, 0.15) is 31.1 Å². The zero-order valence-corrected chi connectivity index (χ0v) is 11.9. The van der Waals surface area contributed by atoms with Gasteiger partial charge < -0.3 is 14.4 Å². The van der Waals surface area contributed by atoms with Gasteiger partial charge in [0, 0.05) is 12.7 Å². The lowest BCUT2D eigenvalue weighted by Crippen LogP contribution is -2.28. The van der Waals surface area contributed by atoms with Gasteiger partial charge in [-0.1, -0.05) is 13.8 Å². The minimum atomic E-state index is -0.395. The van der Waals surface area contributed by atoms with E-state index in [1.54, 1.807) is 25.3 Å². The molecule has 0 atom stereocenters. The topological polar surface area (TPSA) is 51.7 Å². The fourth-order valence-corrected chi connectivity index (χ4v) is 1.68. The first-order chi connectivity index (χ1) is 9.22. The van der Waals surface area contributed by atoms with Crippen LogP contribution in [0.15, 0.2) is 18.3 Å². The molecule has 0 unspecified atom stereocenters. The van der Waals surface area contributed by atoms with Crippen LogP contribution < -0.4 is 4.74 Å². The highest BCUT2D eigenvalue weighted by atomic mass is 16.5. The number of carbonyl (C=O) groups excluding carboxylic acids is 1. The molecule has 0 aliphatic carbocycles. The van der Waals surface area contributed by atoms with Gasteiger partial charge in [-0.15, -0.1) is 0 Å². The van der Waals surface area contributed by atoms with Crippen molar-refractivity contribution in [2.24, 2.45) is 0 Å². The Morgan fingerprint density at radius 2 is 2.05 bits per heavy atom. The van der Waals surface area contributed by atoms with E-state index < -0.39 is 5.97 Å². The Hall–Kier alpha value is -1.62. The summed E-state index contributed by atoms with van der Waals surface area (Å²) < 4.78 is 10.6. The second-order valence-corrected chi connectivity index (χ2v) is 3.95. The van der Waals surface area contributed by atoms with Gasteiger partial charge in [-0.25, -0.2) is 9.78 Å². The SMILES string of the molecule is CCOC(=O)c1cccnc1OCCN(CC)CC.